The Bertz CT molecular complexity index is 900. The lowest BCUT2D eigenvalue weighted by Crippen LogP contribution is -2.11. The Hall–Kier alpha value is -2.18. The number of nitrogens with zero attached hydrogens (tertiary/aromatic N) is 1. The number of primary sulfonamides is 1. The molecular formula is C18H20N2O3S. The average Bonchev–Trinajstić information content (AvgIpc) is 3.04. The standard InChI is InChI=1S/C18H20N2O3S/c1-12-18(23-2)10-14(11-20-12)17-5-3-4-16(17)13-6-8-15(9-7-13)24(19,21)22/h6-11H,3-5H2,1-2H3,(H2,19,21,22). The van der Waals surface area contributed by atoms with E-state index in [9.17, 15) is 8.42 Å². The van der Waals surface area contributed by atoms with Gasteiger partial charge in [-0.3, -0.25) is 4.98 Å². The summed E-state index contributed by atoms with van der Waals surface area (Å²) in [6, 6.07) is 8.77. The van der Waals surface area contributed by atoms with Crippen molar-refractivity contribution in [2.45, 2.75) is 31.1 Å². The van der Waals surface area contributed by atoms with Crippen LogP contribution in [0.25, 0.3) is 11.1 Å². The molecule has 0 bridgehead atoms. The molecule has 24 heavy (non-hydrogen) atoms. The molecule has 1 heterocycles. The Kier molecular flexibility index (Phi) is 4.43. The quantitative estimate of drug-likeness (QED) is 0.924. The van der Waals surface area contributed by atoms with Gasteiger partial charge < -0.3 is 4.74 Å². The van der Waals surface area contributed by atoms with Crippen LogP contribution in [0.1, 0.15) is 36.1 Å². The molecule has 6 heteroatoms. The van der Waals surface area contributed by atoms with E-state index < -0.39 is 10.0 Å². The topological polar surface area (TPSA) is 82.3 Å². The maximum Gasteiger partial charge on any atom is 0.238 e. The van der Waals surface area contributed by atoms with Crippen molar-refractivity contribution >= 4 is 21.2 Å². The molecule has 0 radical (unpaired) electrons. The molecule has 126 valence electrons. The number of benzene rings is 1. The van der Waals surface area contributed by atoms with Crippen molar-refractivity contribution in [1.82, 2.24) is 4.98 Å². The van der Waals surface area contributed by atoms with Crippen LogP contribution in [0.2, 0.25) is 0 Å². The van der Waals surface area contributed by atoms with Crippen LogP contribution in [-0.4, -0.2) is 20.5 Å². The summed E-state index contributed by atoms with van der Waals surface area (Å²) >= 11 is 0. The third-order valence-electron chi connectivity index (χ3n) is 4.36. The highest BCUT2D eigenvalue weighted by atomic mass is 32.2. The number of sulfonamides is 1. The van der Waals surface area contributed by atoms with Crippen LogP contribution in [0.5, 0.6) is 5.75 Å². The maximum atomic E-state index is 11.4. The summed E-state index contributed by atoms with van der Waals surface area (Å²) in [7, 11) is -2.02. The van der Waals surface area contributed by atoms with E-state index in [0.29, 0.717) is 0 Å². The van der Waals surface area contributed by atoms with E-state index in [0.717, 1.165) is 41.8 Å². The molecule has 3 rings (SSSR count). The Morgan fingerprint density at radius 3 is 2.29 bits per heavy atom. The van der Waals surface area contributed by atoms with Crippen LogP contribution < -0.4 is 9.88 Å². The van der Waals surface area contributed by atoms with Gasteiger partial charge in [0.1, 0.15) is 5.75 Å². The Morgan fingerprint density at radius 1 is 1.08 bits per heavy atom. The van der Waals surface area contributed by atoms with E-state index in [2.05, 4.69) is 4.98 Å². The second-order valence-electron chi connectivity index (χ2n) is 5.89. The monoisotopic (exact) mass is 344 g/mol. The largest absolute Gasteiger partial charge is 0.495 e. The zero-order valence-corrected chi connectivity index (χ0v) is 14.6. The second kappa shape index (κ2) is 6.37. The maximum absolute atomic E-state index is 11.4. The van der Waals surface area contributed by atoms with Crippen molar-refractivity contribution in [1.29, 1.82) is 0 Å². The van der Waals surface area contributed by atoms with Gasteiger partial charge in [0.15, 0.2) is 0 Å². The van der Waals surface area contributed by atoms with Gasteiger partial charge in [0, 0.05) is 6.20 Å². The van der Waals surface area contributed by atoms with E-state index in [1.165, 1.54) is 11.1 Å². The third kappa shape index (κ3) is 3.20. The molecule has 0 saturated carbocycles. The number of allylic oxidation sites excluding steroid dienone is 2. The molecule has 0 unspecified atom stereocenters. The van der Waals surface area contributed by atoms with Crippen LogP contribution >= 0.6 is 0 Å². The number of aryl methyl sites for hydroxylation is 1. The van der Waals surface area contributed by atoms with Crippen molar-refractivity contribution in [3.8, 4) is 5.75 Å². The van der Waals surface area contributed by atoms with Gasteiger partial charge in [0.05, 0.1) is 17.7 Å². The highest BCUT2D eigenvalue weighted by Gasteiger charge is 2.19. The number of ether oxygens (including phenoxy) is 1. The molecule has 0 aliphatic heterocycles. The number of hydrogen-bond acceptors (Lipinski definition) is 4. The molecule has 0 saturated heterocycles. The highest BCUT2D eigenvalue weighted by Crippen LogP contribution is 2.40. The van der Waals surface area contributed by atoms with Gasteiger partial charge in [0.25, 0.3) is 0 Å². The lowest BCUT2D eigenvalue weighted by molar-refractivity contribution is 0.409. The second-order valence-corrected chi connectivity index (χ2v) is 7.45. The lowest BCUT2D eigenvalue weighted by atomic mass is 9.98. The van der Waals surface area contributed by atoms with Crippen LogP contribution in [0.15, 0.2) is 41.4 Å². The first-order chi connectivity index (χ1) is 11.4. The predicted molar refractivity (Wildman–Crippen MR) is 94.0 cm³/mol. The molecular weight excluding hydrogens is 324 g/mol. The van der Waals surface area contributed by atoms with Gasteiger partial charge in [-0.15, -0.1) is 0 Å². The fourth-order valence-corrected chi connectivity index (χ4v) is 3.63. The fourth-order valence-electron chi connectivity index (χ4n) is 3.11. The Morgan fingerprint density at radius 2 is 1.71 bits per heavy atom. The predicted octanol–water partition coefficient (Wildman–Crippen LogP) is 3.14. The number of pyridine rings is 1. The first-order valence-corrected chi connectivity index (χ1v) is 9.31. The van der Waals surface area contributed by atoms with Gasteiger partial charge in [-0.25, -0.2) is 13.6 Å². The number of methoxy groups -OCH3 is 1. The van der Waals surface area contributed by atoms with Crippen molar-refractivity contribution < 1.29 is 13.2 Å². The molecule has 2 N–H and O–H groups in total. The summed E-state index contributed by atoms with van der Waals surface area (Å²) in [5.41, 5.74) is 5.40. The van der Waals surface area contributed by atoms with E-state index in [1.807, 2.05) is 31.3 Å². The summed E-state index contributed by atoms with van der Waals surface area (Å²) in [5.74, 6) is 0.774. The van der Waals surface area contributed by atoms with Crippen molar-refractivity contribution in [3.05, 3.63) is 53.3 Å². The normalized spacial score (nSPS) is 15.0. The number of aromatic nitrogens is 1. The zero-order valence-electron chi connectivity index (χ0n) is 13.7. The van der Waals surface area contributed by atoms with Crippen LogP contribution in [0.3, 0.4) is 0 Å². The summed E-state index contributed by atoms with van der Waals surface area (Å²) in [5, 5.41) is 5.16. The minimum absolute atomic E-state index is 0.130. The smallest absolute Gasteiger partial charge is 0.238 e. The third-order valence-corrected chi connectivity index (χ3v) is 5.29. The molecule has 1 aliphatic carbocycles. The summed E-state index contributed by atoms with van der Waals surface area (Å²) in [6.07, 6.45) is 4.87. The minimum Gasteiger partial charge on any atom is -0.495 e. The SMILES string of the molecule is COc1cc(C2=C(c3ccc(S(N)(=O)=O)cc3)CCC2)cnc1C. The first-order valence-electron chi connectivity index (χ1n) is 7.76. The van der Waals surface area contributed by atoms with E-state index >= 15 is 0 Å². The van der Waals surface area contributed by atoms with Gasteiger partial charge in [-0.2, -0.15) is 0 Å². The van der Waals surface area contributed by atoms with Crippen LogP contribution in [0, 0.1) is 6.92 Å². The molecule has 1 aliphatic rings. The molecule has 0 fully saturated rings. The summed E-state index contributed by atoms with van der Waals surface area (Å²) in [4.78, 5) is 4.54. The molecule has 5 nitrogen and oxygen atoms in total. The van der Waals surface area contributed by atoms with Crippen molar-refractivity contribution in [2.75, 3.05) is 7.11 Å². The molecule has 0 amide bonds. The number of hydrogen-bond donors (Lipinski definition) is 1. The molecule has 2 aromatic rings. The number of rotatable bonds is 4. The fraction of sp³-hybridized carbons (Fsp3) is 0.278. The number of nitrogens with two attached hydrogens (primary N) is 1. The van der Waals surface area contributed by atoms with Crippen molar-refractivity contribution in [3.63, 3.8) is 0 Å². The Balaban J connectivity index is 2.04. The molecule has 1 aromatic carbocycles. The van der Waals surface area contributed by atoms with E-state index in [1.54, 1.807) is 19.2 Å². The summed E-state index contributed by atoms with van der Waals surface area (Å²) < 4.78 is 28.2. The summed E-state index contributed by atoms with van der Waals surface area (Å²) in [6.45, 7) is 1.92. The van der Waals surface area contributed by atoms with Gasteiger partial charge >= 0.3 is 0 Å². The molecule has 1 aromatic heterocycles. The van der Waals surface area contributed by atoms with Gasteiger partial charge in [-0.05, 0) is 66.7 Å². The average molecular weight is 344 g/mol. The Labute approximate surface area is 142 Å². The van der Waals surface area contributed by atoms with Crippen LogP contribution in [-0.2, 0) is 10.0 Å². The van der Waals surface area contributed by atoms with E-state index in [4.69, 9.17) is 9.88 Å². The van der Waals surface area contributed by atoms with Gasteiger partial charge in [-0.1, -0.05) is 12.1 Å². The zero-order chi connectivity index (χ0) is 17.3. The lowest BCUT2D eigenvalue weighted by Gasteiger charge is -2.11. The van der Waals surface area contributed by atoms with Crippen LogP contribution in [0.4, 0.5) is 0 Å². The first kappa shape index (κ1) is 16.7. The molecule has 0 spiro atoms. The van der Waals surface area contributed by atoms with E-state index in [-0.39, 0.29) is 4.90 Å². The highest BCUT2D eigenvalue weighted by molar-refractivity contribution is 7.89. The molecule has 0 atom stereocenters. The minimum atomic E-state index is -3.67. The van der Waals surface area contributed by atoms with Gasteiger partial charge in [0.2, 0.25) is 10.0 Å². The van der Waals surface area contributed by atoms with Crippen molar-refractivity contribution in [2.24, 2.45) is 5.14 Å².